The predicted octanol–water partition coefficient (Wildman–Crippen LogP) is 0.513. The van der Waals surface area contributed by atoms with E-state index < -0.39 is 16.7 Å². The first-order chi connectivity index (χ1) is 9.04. The summed E-state index contributed by atoms with van der Waals surface area (Å²) in [6.45, 7) is 3.07. The molecule has 0 fully saturated rings. The molecule has 0 atom stereocenters. The molecule has 19 heavy (non-hydrogen) atoms. The predicted molar refractivity (Wildman–Crippen MR) is 68.1 cm³/mol. The van der Waals surface area contributed by atoms with Gasteiger partial charge in [-0.3, -0.25) is 19.7 Å². The molecule has 0 spiro atoms. The van der Waals surface area contributed by atoms with Gasteiger partial charge >= 0.3 is 0 Å². The van der Waals surface area contributed by atoms with Crippen LogP contribution in [0.1, 0.15) is 5.56 Å². The Hall–Kier alpha value is -2.70. The maximum Gasteiger partial charge on any atom is 0.274 e. The lowest BCUT2D eigenvalue weighted by atomic mass is 10.2. The van der Waals surface area contributed by atoms with Gasteiger partial charge in [0.1, 0.15) is 0 Å². The van der Waals surface area contributed by atoms with E-state index in [9.17, 15) is 19.7 Å². The number of nitro groups is 1. The second kappa shape index (κ2) is 6.90. The molecule has 0 saturated carbocycles. The number of hydrogen-bond acceptors (Lipinski definition) is 4. The highest BCUT2D eigenvalue weighted by Crippen LogP contribution is 2.16. The zero-order chi connectivity index (χ0) is 14.3. The summed E-state index contributed by atoms with van der Waals surface area (Å²) in [7, 11) is 0. The first-order valence-corrected chi connectivity index (χ1v) is 5.44. The monoisotopic (exact) mass is 263 g/mol. The van der Waals surface area contributed by atoms with Gasteiger partial charge in [-0.2, -0.15) is 0 Å². The molecule has 0 heterocycles. The van der Waals surface area contributed by atoms with Crippen LogP contribution in [0, 0.1) is 10.1 Å². The van der Waals surface area contributed by atoms with Crippen LogP contribution in [0.2, 0.25) is 0 Å². The van der Waals surface area contributed by atoms with Gasteiger partial charge in [0.2, 0.25) is 11.8 Å². The van der Waals surface area contributed by atoms with E-state index in [4.69, 9.17) is 0 Å². The lowest BCUT2D eigenvalue weighted by Crippen LogP contribution is -2.35. The van der Waals surface area contributed by atoms with Gasteiger partial charge in [0, 0.05) is 18.2 Å². The van der Waals surface area contributed by atoms with Crippen molar-refractivity contribution < 1.29 is 14.5 Å². The summed E-state index contributed by atoms with van der Waals surface area (Å²) in [6.07, 6.45) is 1.05. The summed E-state index contributed by atoms with van der Waals surface area (Å²) in [5.41, 5.74) is 0.342. The van der Waals surface area contributed by atoms with Crippen LogP contribution in [-0.4, -0.2) is 23.3 Å². The van der Waals surface area contributed by atoms with Crippen molar-refractivity contribution in [3.63, 3.8) is 0 Å². The smallest absolute Gasteiger partial charge is 0.274 e. The van der Waals surface area contributed by atoms with Crippen LogP contribution >= 0.6 is 0 Å². The summed E-state index contributed by atoms with van der Waals surface area (Å²) in [6, 6.07) is 6.11. The molecule has 0 aliphatic rings. The van der Waals surface area contributed by atoms with E-state index in [0.717, 1.165) is 6.08 Å². The van der Waals surface area contributed by atoms with E-state index in [1.165, 1.54) is 6.07 Å². The normalized spacial score (nSPS) is 9.47. The lowest BCUT2D eigenvalue weighted by Gasteiger charge is -2.06. The van der Waals surface area contributed by atoms with Crippen molar-refractivity contribution in [2.24, 2.45) is 0 Å². The highest BCUT2D eigenvalue weighted by atomic mass is 16.6. The fourth-order valence-electron chi connectivity index (χ4n) is 1.33. The van der Waals surface area contributed by atoms with Gasteiger partial charge in [-0.1, -0.05) is 24.8 Å². The van der Waals surface area contributed by atoms with Gasteiger partial charge in [0.15, 0.2) is 0 Å². The minimum Gasteiger partial charge on any atom is -0.350 e. The molecule has 0 radical (unpaired) electrons. The van der Waals surface area contributed by atoms with Gasteiger partial charge in [-0.15, -0.1) is 0 Å². The number of para-hydroxylation sites is 1. The van der Waals surface area contributed by atoms with Gasteiger partial charge < -0.3 is 10.6 Å². The fourth-order valence-corrected chi connectivity index (χ4v) is 1.33. The highest BCUT2D eigenvalue weighted by Gasteiger charge is 2.12. The highest BCUT2D eigenvalue weighted by molar-refractivity contribution is 5.90. The molecule has 0 unspecified atom stereocenters. The van der Waals surface area contributed by atoms with Crippen LogP contribution < -0.4 is 10.6 Å². The molecule has 0 aliphatic heterocycles. The number of amides is 2. The molecular formula is C12H13N3O4. The van der Waals surface area contributed by atoms with Crippen LogP contribution in [0.3, 0.4) is 0 Å². The van der Waals surface area contributed by atoms with Crippen molar-refractivity contribution in [3.8, 4) is 0 Å². The van der Waals surface area contributed by atoms with Crippen molar-refractivity contribution in [1.82, 2.24) is 10.6 Å². The number of hydrogen-bond donors (Lipinski definition) is 2. The van der Waals surface area contributed by atoms with Gasteiger partial charge in [-0.25, -0.2) is 0 Å². The van der Waals surface area contributed by atoms with Crippen molar-refractivity contribution in [2.75, 3.05) is 6.54 Å². The Morgan fingerprint density at radius 3 is 2.63 bits per heavy atom. The third kappa shape index (κ3) is 4.58. The zero-order valence-electron chi connectivity index (χ0n) is 10.1. The van der Waals surface area contributed by atoms with Crippen LogP contribution in [-0.2, 0) is 16.1 Å². The third-order valence-corrected chi connectivity index (χ3v) is 2.27. The Bertz CT molecular complexity index is 513. The minimum atomic E-state index is -0.513. The summed E-state index contributed by atoms with van der Waals surface area (Å²) < 4.78 is 0. The van der Waals surface area contributed by atoms with Gasteiger partial charge in [0.05, 0.1) is 11.5 Å². The summed E-state index contributed by atoms with van der Waals surface area (Å²) in [5, 5.41) is 15.5. The topological polar surface area (TPSA) is 101 Å². The molecule has 100 valence electrons. The Morgan fingerprint density at radius 2 is 2.00 bits per heavy atom. The Labute approximate surface area is 109 Å². The van der Waals surface area contributed by atoms with Crippen LogP contribution in [0.5, 0.6) is 0 Å². The fraction of sp³-hybridized carbons (Fsp3) is 0.167. The second-order valence-corrected chi connectivity index (χ2v) is 3.58. The standard InChI is InChI=1S/C12H13N3O4/c1-2-11(16)14-8-12(17)13-7-9-5-3-4-6-10(9)15(18)19/h2-6H,1,7-8H2,(H,13,17)(H,14,16). The average Bonchev–Trinajstić information content (AvgIpc) is 2.42. The summed E-state index contributed by atoms with van der Waals surface area (Å²) in [5.74, 6) is -0.894. The molecule has 7 heteroatoms. The maximum absolute atomic E-state index is 11.4. The molecule has 1 aromatic carbocycles. The van der Waals surface area contributed by atoms with Crippen LogP contribution in [0.15, 0.2) is 36.9 Å². The first-order valence-electron chi connectivity index (χ1n) is 5.44. The summed E-state index contributed by atoms with van der Waals surface area (Å²) >= 11 is 0. The van der Waals surface area contributed by atoms with Crippen molar-refractivity contribution in [1.29, 1.82) is 0 Å². The number of nitro benzene ring substituents is 1. The number of carbonyl (C=O) groups is 2. The lowest BCUT2D eigenvalue weighted by molar-refractivity contribution is -0.385. The quantitative estimate of drug-likeness (QED) is 0.443. The summed E-state index contributed by atoms with van der Waals surface area (Å²) in [4.78, 5) is 32.5. The number of benzene rings is 1. The third-order valence-electron chi connectivity index (χ3n) is 2.27. The zero-order valence-corrected chi connectivity index (χ0v) is 10.1. The van der Waals surface area contributed by atoms with E-state index in [-0.39, 0.29) is 18.8 Å². The van der Waals surface area contributed by atoms with E-state index in [1.807, 2.05) is 0 Å². The van der Waals surface area contributed by atoms with Gasteiger partial charge in [0.25, 0.3) is 5.69 Å². The van der Waals surface area contributed by atoms with Crippen LogP contribution in [0.4, 0.5) is 5.69 Å². The molecule has 2 N–H and O–H groups in total. The largest absolute Gasteiger partial charge is 0.350 e. The number of nitrogens with zero attached hydrogens (tertiary/aromatic N) is 1. The molecule has 7 nitrogen and oxygen atoms in total. The van der Waals surface area contributed by atoms with E-state index in [2.05, 4.69) is 17.2 Å². The average molecular weight is 263 g/mol. The van der Waals surface area contributed by atoms with Gasteiger partial charge in [-0.05, 0) is 6.08 Å². The van der Waals surface area contributed by atoms with Crippen molar-refractivity contribution in [2.45, 2.75) is 6.54 Å². The van der Waals surface area contributed by atoms with Crippen molar-refractivity contribution in [3.05, 3.63) is 52.6 Å². The number of nitrogens with one attached hydrogen (secondary N) is 2. The van der Waals surface area contributed by atoms with Crippen LogP contribution in [0.25, 0.3) is 0 Å². The molecule has 0 aliphatic carbocycles. The van der Waals surface area contributed by atoms with Crippen molar-refractivity contribution >= 4 is 17.5 Å². The van der Waals surface area contributed by atoms with E-state index in [0.29, 0.717) is 5.56 Å². The maximum atomic E-state index is 11.4. The molecular weight excluding hydrogens is 250 g/mol. The minimum absolute atomic E-state index is 0.0277. The number of carbonyl (C=O) groups excluding carboxylic acids is 2. The number of rotatable bonds is 6. The molecule has 2 amide bonds. The SMILES string of the molecule is C=CC(=O)NCC(=O)NCc1ccccc1[N+](=O)[O-]. The molecule has 0 saturated heterocycles. The van der Waals surface area contributed by atoms with E-state index >= 15 is 0 Å². The first kappa shape index (κ1) is 14.4. The molecule has 1 rings (SSSR count). The molecule has 0 bridgehead atoms. The molecule has 0 aromatic heterocycles. The molecule has 1 aromatic rings. The second-order valence-electron chi connectivity index (χ2n) is 3.58. The Balaban J connectivity index is 2.53. The van der Waals surface area contributed by atoms with E-state index in [1.54, 1.807) is 18.2 Å². The Morgan fingerprint density at radius 1 is 1.32 bits per heavy atom. The Kier molecular flexibility index (Phi) is 5.21.